The standard InChI is InChI=1S/C22H35N3O3S/c1-6-17(4)15-25-21(26)20(16(2)3)23-22(25)11-13-24(14-12-22)29(27,28)19-9-7-18(5)8-10-19/h7-10,16-17,20,23H,6,11-15H2,1-5H3. The summed E-state index contributed by atoms with van der Waals surface area (Å²) >= 11 is 0. The first-order valence-electron chi connectivity index (χ1n) is 10.8. The van der Waals surface area contributed by atoms with E-state index in [0.29, 0.717) is 36.7 Å². The molecule has 2 unspecified atom stereocenters. The van der Waals surface area contributed by atoms with Crippen LogP contribution in [0.2, 0.25) is 0 Å². The maximum absolute atomic E-state index is 13.1. The van der Waals surface area contributed by atoms with Crippen molar-refractivity contribution in [3.05, 3.63) is 29.8 Å². The third-order valence-corrected chi connectivity index (χ3v) is 8.45. The molecule has 0 bridgehead atoms. The minimum atomic E-state index is -3.51. The number of nitrogens with zero attached hydrogens (tertiary/aromatic N) is 2. The van der Waals surface area contributed by atoms with Crippen LogP contribution in [0, 0.1) is 18.8 Å². The molecule has 3 rings (SSSR count). The molecule has 0 radical (unpaired) electrons. The second kappa shape index (κ2) is 8.36. The second-order valence-corrected chi connectivity index (χ2v) is 11.0. The van der Waals surface area contributed by atoms with Gasteiger partial charge in [-0.15, -0.1) is 0 Å². The first-order valence-corrected chi connectivity index (χ1v) is 12.2. The fourth-order valence-electron chi connectivity index (χ4n) is 4.34. The van der Waals surface area contributed by atoms with Crippen LogP contribution in [0.3, 0.4) is 0 Å². The number of amides is 1. The molecule has 1 N–H and O–H groups in total. The smallest absolute Gasteiger partial charge is 0.243 e. The summed E-state index contributed by atoms with van der Waals surface area (Å²) in [7, 11) is -3.51. The first kappa shape index (κ1) is 22.2. The van der Waals surface area contributed by atoms with E-state index in [1.54, 1.807) is 16.4 Å². The van der Waals surface area contributed by atoms with Gasteiger partial charge < -0.3 is 4.90 Å². The van der Waals surface area contributed by atoms with Gasteiger partial charge in [0.25, 0.3) is 0 Å². The van der Waals surface area contributed by atoms with Crippen LogP contribution in [0.1, 0.15) is 52.5 Å². The molecule has 7 heteroatoms. The van der Waals surface area contributed by atoms with Crippen LogP contribution in [0.5, 0.6) is 0 Å². The molecule has 0 aromatic heterocycles. The van der Waals surface area contributed by atoms with Crippen LogP contribution < -0.4 is 5.32 Å². The van der Waals surface area contributed by atoms with E-state index in [1.165, 1.54) is 0 Å². The molecule has 0 aliphatic carbocycles. The molecule has 2 saturated heterocycles. The van der Waals surface area contributed by atoms with Gasteiger partial charge in [-0.3, -0.25) is 10.1 Å². The minimum absolute atomic E-state index is 0.162. The summed E-state index contributed by atoms with van der Waals surface area (Å²) in [4.78, 5) is 15.5. The average molecular weight is 422 g/mol. The lowest BCUT2D eigenvalue weighted by atomic mass is 9.95. The van der Waals surface area contributed by atoms with Crippen molar-refractivity contribution in [1.82, 2.24) is 14.5 Å². The van der Waals surface area contributed by atoms with Crippen LogP contribution in [0.15, 0.2) is 29.2 Å². The summed E-state index contributed by atoms with van der Waals surface area (Å²) in [5, 5.41) is 3.61. The van der Waals surface area contributed by atoms with E-state index >= 15 is 0 Å². The van der Waals surface area contributed by atoms with Gasteiger partial charge in [-0.25, -0.2) is 8.42 Å². The van der Waals surface area contributed by atoms with Crippen LogP contribution >= 0.6 is 0 Å². The molecule has 0 saturated carbocycles. The topological polar surface area (TPSA) is 69.7 Å². The zero-order valence-electron chi connectivity index (χ0n) is 18.3. The Morgan fingerprint density at radius 2 is 1.72 bits per heavy atom. The Bertz CT molecular complexity index is 827. The van der Waals surface area contributed by atoms with E-state index < -0.39 is 15.7 Å². The quantitative estimate of drug-likeness (QED) is 0.767. The Morgan fingerprint density at radius 3 is 2.24 bits per heavy atom. The number of carbonyl (C=O) groups excluding carboxylic acids is 1. The molecule has 162 valence electrons. The van der Waals surface area contributed by atoms with E-state index in [1.807, 2.05) is 24.0 Å². The highest BCUT2D eigenvalue weighted by atomic mass is 32.2. The lowest BCUT2D eigenvalue weighted by Crippen LogP contribution is -2.60. The lowest BCUT2D eigenvalue weighted by molar-refractivity contribution is -0.134. The van der Waals surface area contributed by atoms with E-state index in [2.05, 4.69) is 33.0 Å². The maximum Gasteiger partial charge on any atom is 0.243 e. The lowest BCUT2D eigenvalue weighted by Gasteiger charge is -2.45. The molecule has 1 spiro atoms. The number of nitrogens with one attached hydrogen (secondary N) is 1. The Morgan fingerprint density at radius 1 is 1.14 bits per heavy atom. The molecule has 29 heavy (non-hydrogen) atoms. The van der Waals surface area contributed by atoms with Gasteiger partial charge in [-0.2, -0.15) is 4.31 Å². The highest BCUT2D eigenvalue weighted by Gasteiger charge is 2.53. The molecule has 1 amide bonds. The Labute approximate surface area is 175 Å². The molecule has 2 heterocycles. The van der Waals surface area contributed by atoms with E-state index in [9.17, 15) is 13.2 Å². The SMILES string of the molecule is CCC(C)CN1C(=O)C(C(C)C)NC12CCN(S(=O)(=O)c1ccc(C)cc1)CC2. The van der Waals surface area contributed by atoms with Gasteiger partial charge >= 0.3 is 0 Å². The van der Waals surface area contributed by atoms with E-state index in [4.69, 9.17) is 0 Å². The molecular formula is C22H35N3O3S. The third kappa shape index (κ3) is 4.23. The zero-order valence-corrected chi connectivity index (χ0v) is 19.1. The summed E-state index contributed by atoms with van der Waals surface area (Å²) < 4.78 is 27.7. The fourth-order valence-corrected chi connectivity index (χ4v) is 5.78. The second-order valence-electron chi connectivity index (χ2n) is 9.08. The zero-order chi connectivity index (χ0) is 21.4. The summed E-state index contributed by atoms with van der Waals surface area (Å²) in [6, 6.07) is 6.82. The van der Waals surface area contributed by atoms with Crippen molar-refractivity contribution < 1.29 is 13.2 Å². The van der Waals surface area contributed by atoms with Crippen LogP contribution in [-0.2, 0) is 14.8 Å². The predicted molar refractivity (Wildman–Crippen MR) is 115 cm³/mol. The van der Waals surface area contributed by atoms with Crippen molar-refractivity contribution >= 4 is 15.9 Å². The number of hydrogen-bond donors (Lipinski definition) is 1. The molecule has 1 aromatic rings. The largest absolute Gasteiger partial charge is 0.323 e. The van der Waals surface area contributed by atoms with Crippen LogP contribution in [0.4, 0.5) is 0 Å². The maximum atomic E-state index is 13.1. The number of aryl methyl sites for hydroxylation is 1. The number of hydrogen-bond acceptors (Lipinski definition) is 4. The van der Waals surface area contributed by atoms with E-state index in [0.717, 1.165) is 18.5 Å². The van der Waals surface area contributed by atoms with Crippen molar-refractivity contribution in [1.29, 1.82) is 0 Å². The molecular weight excluding hydrogens is 386 g/mol. The third-order valence-electron chi connectivity index (χ3n) is 6.54. The van der Waals surface area contributed by atoms with Crippen LogP contribution in [-0.4, -0.2) is 54.9 Å². The first-order chi connectivity index (χ1) is 13.6. The summed E-state index contributed by atoms with van der Waals surface area (Å²) in [6.45, 7) is 11.9. The van der Waals surface area contributed by atoms with Gasteiger partial charge in [0.05, 0.1) is 16.6 Å². The van der Waals surface area contributed by atoms with Crippen molar-refractivity contribution in [2.45, 2.75) is 70.5 Å². The summed E-state index contributed by atoms with van der Waals surface area (Å²) in [5.41, 5.74) is 0.602. The van der Waals surface area contributed by atoms with Crippen LogP contribution in [0.25, 0.3) is 0 Å². The number of rotatable bonds is 6. The van der Waals surface area contributed by atoms with Gasteiger partial charge in [0.1, 0.15) is 0 Å². The number of benzene rings is 1. The molecule has 2 aliphatic heterocycles. The normalized spacial score (nSPS) is 23.9. The monoisotopic (exact) mass is 421 g/mol. The summed E-state index contributed by atoms with van der Waals surface area (Å²) in [6.07, 6.45) is 2.24. The highest BCUT2D eigenvalue weighted by Crippen LogP contribution is 2.36. The molecule has 2 atom stereocenters. The predicted octanol–water partition coefficient (Wildman–Crippen LogP) is 2.98. The van der Waals surface area contributed by atoms with Crippen molar-refractivity contribution in [2.24, 2.45) is 11.8 Å². The highest BCUT2D eigenvalue weighted by molar-refractivity contribution is 7.89. The fraction of sp³-hybridized carbons (Fsp3) is 0.682. The van der Waals surface area contributed by atoms with Gasteiger partial charge in [-0.1, -0.05) is 51.8 Å². The van der Waals surface area contributed by atoms with E-state index in [-0.39, 0.29) is 17.9 Å². The number of sulfonamides is 1. The molecule has 2 aliphatic rings. The molecule has 1 aromatic carbocycles. The van der Waals surface area contributed by atoms with Crippen molar-refractivity contribution in [2.75, 3.05) is 19.6 Å². The van der Waals surface area contributed by atoms with Gasteiger partial charge in [0, 0.05) is 19.6 Å². The molecule has 6 nitrogen and oxygen atoms in total. The Kier molecular flexibility index (Phi) is 6.41. The number of piperidine rings is 1. The van der Waals surface area contributed by atoms with Gasteiger partial charge in [0.15, 0.2) is 0 Å². The van der Waals surface area contributed by atoms with Gasteiger partial charge in [-0.05, 0) is 43.7 Å². The summed E-state index contributed by atoms with van der Waals surface area (Å²) in [5.74, 6) is 0.781. The van der Waals surface area contributed by atoms with Crippen molar-refractivity contribution in [3.8, 4) is 0 Å². The van der Waals surface area contributed by atoms with Gasteiger partial charge in [0.2, 0.25) is 15.9 Å². The average Bonchev–Trinajstić information content (AvgIpc) is 2.95. The molecule has 2 fully saturated rings. The number of carbonyl (C=O) groups is 1. The van der Waals surface area contributed by atoms with Crippen molar-refractivity contribution in [3.63, 3.8) is 0 Å². The Hall–Kier alpha value is -1.44. The Balaban J connectivity index is 1.80. The minimum Gasteiger partial charge on any atom is -0.323 e.